The maximum Gasteiger partial charge on any atom is 0.434 e. The molecule has 1 amide bonds. The molecule has 3 heterocycles. The van der Waals surface area contributed by atoms with Gasteiger partial charge >= 0.3 is 6.18 Å². The number of nitrogens with zero attached hydrogens (tertiary/aromatic N) is 4. The van der Waals surface area contributed by atoms with Crippen LogP contribution in [0.25, 0.3) is 5.65 Å². The molecule has 0 saturated heterocycles. The van der Waals surface area contributed by atoms with E-state index in [0.717, 1.165) is 22.4 Å². The van der Waals surface area contributed by atoms with Crippen LogP contribution in [-0.2, 0) is 12.7 Å². The Labute approximate surface area is 174 Å². The number of halogens is 3. The smallest absolute Gasteiger partial charge is 0.382 e. The summed E-state index contributed by atoms with van der Waals surface area (Å²) in [6, 6.07) is 10.6. The highest BCUT2D eigenvalue weighted by Crippen LogP contribution is 2.28. The molecule has 4 aromatic rings. The monoisotopic (exact) mass is 427 g/mol. The van der Waals surface area contributed by atoms with Crippen molar-refractivity contribution in [2.45, 2.75) is 12.7 Å². The summed E-state index contributed by atoms with van der Waals surface area (Å²) in [5.41, 5.74) is 6.75. The SMILES string of the molecule is Nc1ncccc1NCc1cccc(NC(=O)c2cn3cc(C(F)(F)F)nc3cn2)c1. The largest absolute Gasteiger partial charge is 0.434 e. The van der Waals surface area contributed by atoms with E-state index in [4.69, 9.17) is 5.73 Å². The highest BCUT2D eigenvalue weighted by molar-refractivity contribution is 6.02. The average Bonchev–Trinajstić information content (AvgIpc) is 3.17. The second-order valence-electron chi connectivity index (χ2n) is 6.61. The number of anilines is 3. The molecule has 158 valence electrons. The minimum absolute atomic E-state index is 0.00776. The summed E-state index contributed by atoms with van der Waals surface area (Å²) in [5, 5.41) is 5.85. The van der Waals surface area contributed by atoms with Crippen LogP contribution in [0.15, 0.2) is 61.2 Å². The van der Waals surface area contributed by atoms with Gasteiger partial charge in [-0.05, 0) is 29.8 Å². The number of pyridine rings is 1. The molecule has 4 N–H and O–H groups in total. The maximum absolute atomic E-state index is 12.8. The lowest BCUT2D eigenvalue weighted by Crippen LogP contribution is -2.14. The zero-order valence-corrected chi connectivity index (χ0v) is 15.9. The molecule has 0 fully saturated rings. The third kappa shape index (κ3) is 4.55. The fraction of sp³-hybridized carbons (Fsp3) is 0.100. The lowest BCUT2D eigenvalue weighted by molar-refractivity contribution is -0.140. The van der Waals surface area contributed by atoms with Crippen molar-refractivity contribution in [3.8, 4) is 0 Å². The average molecular weight is 427 g/mol. The lowest BCUT2D eigenvalue weighted by atomic mass is 10.2. The van der Waals surface area contributed by atoms with Crippen LogP contribution in [0.1, 0.15) is 21.7 Å². The maximum atomic E-state index is 12.8. The molecule has 0 aliphatic heterocycles. The number of carbonyl (C=O) groups is 1. The molecule has 0 unspecified atom stereocenters. The first-order valence-electron chi connectivity index (χ1n) is 9.06. The molecule has 0 aliphatic rings. The van der Waals surface area contributed by atoms with Gasteiger partial charge in [0.2, 0.25) is 0 Å². The number of rotatable bonds is 5. The molecule has 11 heteroatoms. The van der Waals surface area contributed by atoms with E-state index < -0.39 is 17.8 Å². The summed E-state index contributed by atoms with van der Waals surface area (Å²) in [6.07, 6.45) is 0.135. The molecule has 3 aromatic heterocycles. The van der Waals surface area contributed by atoms with Gasteiger partial charge in [0, 0.05) is 30.8 Å². The van der Waals surface area contributed by atoms with Crippen LogP contribution in [0, 0.1) is 0 Å². The summed E-state index contributed by atoms with van der Waals surface area (Å²) < 4.78 is 39.6. The van der Waals surface area contributed by atoms with Crippen LogP contribution >= 0.6 is 0 Å². The van der Waals surface area contributed by atoms with Crippen molar-refractivity contribution in [1.82, 2.24) is 19.4 Å². The van der Waals surface area contributed by atoms with Crippen molar-refractivity contribution in [3.63, 3.8) is 0 Å². The van der Waals surface area contributed by atoms with Crippen LogP contribution in [0.3, 0.4) is 0 Å². The van der Waals surface area contributed by atoms with Gasteiger partial charge in [0.05, 0.1) is 11.9 Å². The standard InChI is InChI=1S/C20H16F3N7O/c21-20(22,23)16-11-30-10-15(27-9-17(30)29-16)19(31)28-13-4-1-3-12(7-13)8-26-14-5-2-6-25-18(14)24/h1-7,9-11,26H,8H2,(H2,24,25)(H,28,31). The van der Waals surface area contributed by atoms with Gasteiger partial charge in [0.1, 0.15) is 11.5 Å². The molecule has 0 bridgehead atoms. The van der Waals surface area contributed by atoms with E-state index in [1.807, 2.05) is 6.07 Å². The van der Waals surface area contributed by atoms with Gasteiger partial charge < -0.3 is 20.8 Å². The predicted molar refractivity (Wildman–Crippen MR) is 108 cm³/mol. The Morgan fingerprint density at radius 1 is 1.13 bits per heavy atom. The Hall–Kier alpha value is -4.15. The number of nitrogen functional groups attached to an aromatic ring is 1. The molecule has 0 spiro atoms. The molecular weight excluding hydrogens is 411 g/mol. The van der Waals surface area contributed by atoms with Crippen LogP contribution in [0.4, 0.5) is 30.4 Å². The van der Waals surface area contributed by atoms with Gasteiger partial charge in [0.25, 0.3) is 5.91 Å². The number of nitrogens with two attached hydrogens (primary N) is 1. The molecule has 1 aromatic carbocycles. The van der Waals surface area contributed by atoms with Crippen molar-refractivity contribution in [2.75, 3.05) is 16.4 Å². The van der Waals surface area contributed by atoms with Gasteiger partial charge in [-0.25, -0.2) is 15.0 Å². The minimum Gasteiger partial charge on any atom is -0.382 e. The van der Waals surface area contributed by atoms with Crippen LogP contribution in [-0.4, -0.2) is 25.3 Å². The number of hydrogen-bond donors (Lipinski definition) is 3. The van der Waals surface area contributed by atoms with E-state index in [9.17, 15) is 18.0 Å². The van der Waals surface area contributed by atoms with E-state index in [1.54, 1.807) is 36.5 Å². The topological polar surface area (TPSA) is 110 Å². The number of amides is 1. The molecule has 8 nitrogen and oxygen atoms in total. The second-order valence-corrected chi connectivity index (χ2v) is 6.61. The molecule has 31 heavy (non-hydrogen) atoms. The van der Waals surface area contributed by atoms with Crippen LogP contribution < -0.4 is 16.4 Å². The van der Waals surface area contributed by atoms with E-state index in [2.05, 4.69) is 25.6 Å². The van der Waals surface area contributed by atoms with Gasteiger partial charge in [0.15, 0.2) is 11.3 Å². The van der Waals surface area contributed by atoms with Crippen molar-refractivity contribution in [2.24, 2.45) is 0 Å². The van der Waals surface area contributed by atoms with Crippen LogP contribution in [0.5, 0.6) is 0 Å². The zero-order valence-electron chi connectivity index (χ0n) is 15.9. The second kappa shape index (κ2) is 7.94. The number of imidazole rings is 1. The van der Waals surface area contributed by atoms with Crippen molar-refractivity contribution in [1.29, 1.82) is 0 Å². The highest BCUT2D eigenvalue weighted by atomic mass is 19.4. The number of carbonyl (C=O) groups excluding carboxylic acids is 1. The Morgan fingerprint density at radius 2 is 1.97 bits per heavy atom. The number of benzene rings is 1. The summed E-state index contributed by atoms with van der Waals surface area (Å²) in [6.45, 7) is 0.444. The number of fused-ring (bicyclic) bond motifs is 1. The fourth-order valence-electron chi connectivity index (χ4n) is 2.87. The summed E-state index contributed by atoms with van der Waals surface area (Å²) in [5.74, 6) is -0.188. The van der Waals surface area contributed by atoms with Gasteiger partial charge in [-0.2, -0.15) is 13.2 Å². The lowest BCUT2D eigenvalue weighted by Gasteiger charge is -2.10. The van der Waals surface area contributed by atoms with E-state index in [0.29, 0.717) is 23.7 Å². The first-order chi connectivity index (χ1) is 14.8. The van der Waals surface area contributed by atoms with Crippen molar-refractivity contribution in [3.05, 3.63) is 78.1 Å². The number of alkyl halides is 3. The highest BCUT2D eigenvalue weighted by Gasteiger charge is 2.34. The van der Waals surface area contributed by atoms with E-state index in [1.165, 1.54) is 6.20 Å². The van der Waals surface area contributed by atoms with E-state index >= 15 is 0 Å². The number of hydrogen-bond acceptors (Lipinski definition) is 6. The van der Waals surface area contributed by atoms with Crippen molar-refractivity contribution < 1.29 is 18.0 Å². The van der Waals surface area contributed by atoms with E-state index in [-0.39, 0.29) is 11.3 Å². The molecule has 4 rings (SSSR count). The minimum atomic E-state index is -4.58. The first kappa shape index (κ1) is 20.1. The summed E-state index contributed by atoms with van der Waals surface area (Å²) >= 11 is 0. The molecule has 0 aliphatic carbocycles. The van der Waals surface area contributed by atoms with Gasteiger partial charge in [-0.15, -0.1) is 0 Å². The summed E-state index contributed by atoms with van der Waals surface area (Å²) in [4.78, 5) is 23.9. The van der Waals surface area contributed by atoms with Crippen LogP contribution in [0.2, 0.25) is 0 Å². The Balaban J connectivity index is 1.47. The molecule has 0 atom stereocenters. The number of nitrogens with one attached hydrogen (secondary N) is 2. The Bertz CT molecular complexity index is 1250. The van der Waals surface area contributed by atoms with Gasteiger partial charge in [-0.3, -0.25) is 4.79 Å². The molecule has 0 saturated carbocycles. The third-order valence-corrected chi connectivity index (χ3v) is 4.37. The molecule has 0 radical (unpaired) electrons. The summed E-state index contributed by atoms with van der Waals surface area (Å²) in [7, 11) is 0. The first-order valence-corrected chi connectivity index (χ1v) is 9.06. The quantitative estimate of drug-likeness (QED) is 0.449. The third-order valence-electron chi connectivity index (χ3n) is 4.37. The zero-order chi connectivity index (χ0) is 22.0. The predicted octanol–water partition coefficient (Wildman–Crippen LogP) is 3.59. The Morgan fingerprint density at radius 3 is 2.74 bits per heavy atom. The van der Waals surface area contributed by atoms with Gasteiger partial charge in [-0.1, -0.05) is 12.1 Å². The normalized spacial score (nSPS) is 11.5. The molecular formula is C20H16F3N7O. The fourth-order valence-corrected chi connectivity index (χ4v) is 2.87. The van der Waals surface area contributed by atoms with Crippen molar-refractivity contribution >= 4 is 28.7 Å². The Kier molecular flexibility index (Phi) is 5.15. The number of aromatic nitrogens is 4.